The highest BCUT2D eigenvalue weighted by molar-refractivity contribution is 9.10. The van der Waals surface area contributed by atoms with Crippen molar-refractivity contribution < 1.29 is 4.79 Å². The molecule has 19 heavy (non-hydrogen) atoms. The number of rotatable bonds is 3. The van der Waals surface area contributed by atoms with E-state index >= 15 is 0 Å². The first kappa shape index (κ1) is 13.7. The minimum atomic E-state index is -0.506. The predicted molar refractivity (Wildman–Crippen MR) is 81.8 cm³/mol. The van der Waals surface area contributed by atoms with E-state index in [1.54, 1.807) is 30.3 Å². The van der Waals surface area contributed by atoms with E-state index in [1.165, 1.54) is 0 Å². The number of anilines is 3. The molecule has 2 aromatic rings. The quantitative estimate of drug-likeness (QED) is 0.748. The summed E-state index contributed by atoms with van der Waals surface area (Å²) in [5.41, 5.74) is 13.3. The molecule has 0 bridgehead atoms. The number of carbonyl (C=O) groups excluding carboxylic acids is 1. The van der Waals surface area contributed by atoms with Crippen molar-refractivity contribution in [1.82, 2.24) is 0 Å². The highest BCUT2D eigenvalue weighted by atomic mass is 79.9. The molecule has 1 amide bonds. The van der Waals surface area contributed by atoms with Gasteiger partial charge in [0.1, 0.15) is 0 Å². The van der Waals surface area contributed by atoms with Crippen molar-refractivity contribution in [2.75, 3.05) is 11.1 Å². The lowest BCUT2D eigenvalue weighted by atomic mass is 10.1. The second-order valence-electron chi connectivity index (χ2n) is 3.92. The Kier molecular flexibility index (Phi) is 3.97. The van der Waals surface area contributed by atoms with Crippen molar-refractivity contribution in [3.05, 3.63) is 51.5 Å². The van der Waals surface area contributed by atoms with E-state index in [0.717, 1.165) is 10.2 Å². The van der Waals surface area contributed by atoms with E-state index in [1.807, 2.05) is 6.07 Å². The van der Waals surface area contributed by atoms with Crippen LogP contribution in [0.3, 0.4) is 0 Å². The normalized spacial score (nSPS) is 10.2. The standard InChI is InChI=1S/C13H11BrClN3O/c14-9-3-2-8(15)6-11(9)18-12-5-7(13(17)19)1-4-10(12)16/h1-6,18H,16H2,(H2,17,19). The average Bonchev–Trinajstić information content (AvgIpc) is 2.36. The third kappa shape index (κ3) is 3.19. The van der Waals surface area contributed by atoms with E-state index in [-0.39, 0.29) is 0 Å². The molecule has 0 heterocycles. The van der Waals surface area contributed by atoms with Crippen molar-refractivity contribution in [3.8, 4) is 0 Å². The first-order chi connectivity index (χ1) is 8.97. The molecule has 0 aliphatic heterocycles. The van der Waals surface area contributed by atoms with Crippen LogP contribution in [0.1, 0.15) is 10.4 Å². The summed E-state index contributed by atoms with van der Waals surface area (Å²) in [5, 5.41) is 3.71. The van der Waals surface area contributed by atoms with E-state index < -0.39 is 5.91 Å². The van der Waals surface area contributed by atoms with E-state index in [2.05, 4.69) is 21.2 Å². The van der Waals surface area contributed by atoms with Crippen molar-refractivity contribution in [1.29, 1.82) is 0 Å². The van der Waals surface area contributed by atoms with Crippen LogP contribution in [0.25, 0.3) is 0 Å². The maximum atomic E-state index is 11.2. The Bertz CT molecular complexity index is 646. The molecule has 0 saturated heterocycles. The van der Waals surface area contributed by atoms with Gasteiger partial charge in [0, 0.05) is 15.1 Å². The third-order valence-electron chi connectivity index (χ3n) is 2.54. The van der Waals surface area contributed by atoms with Gasteiger partial charge in [-0.3, -0.25) is 4.79 Å². The number of halogens is 2. The molecule has 5 N–H and O–H groups in total. The zero-order chi connectivity index (χ0) is 14.0. The van der Waals surface area contributed by atoms with Crippen LogP contribution in [-0.4, -0.2) is 5.91 Å². The van der Waals surface area contributed by atoms with Gasteiger partial charge in [-0.05, 0) is 52.3 Å². The lowest BCUT2D eigenvalue weighted by molar-refractivity contribution is 0.100. The van der Waals surface area contributed by atoms with Gasteiger partial charge >= 0.3 is 0 Å². The number of nitrogens with one attached hydrogen (secondary N) is 1. The Hall–Kier alpha value is -1.72. The summed E-state index contributed by atoms with van der Waals surface area (Å²) in [7, 11) is 0. The lowest BCUT2D eigenvalue weighted by Gasteiger charge is -2.12. The predicted octanol–water partition coefficient (Wildman–Crippen LogP) is 3.53. The minimum absolute atomic E-state index is 0.384. The van der Waals surface area contributed by atoms with E-state index in [0.29, 0.717) is 22.0 Å². The Morgan fingerprint density at radius 1 is 1.16 bits per heavy atom. The van der Waals surface area contributed by atoms with Crippen LogP contribution in [0.15, 0.2) is 40.9 Å². The summed E-state index contributed by atoms with van der Waals surface area (Å²) in [6.07, 6.45) is 0. The van der Waals surface area contributed by atoms with Crippen LogP contribution in [0.4, 0.5) is 17.1 Å². The average molecular weight is 341 g/mol. The van der Waals surface area contributed by atoms with Gasteiger partial charge in [0.05, 0.1) is 17.1 Å². The summed E-state index contributed by atoms with van der Waals surface area (Å²) in [4.78, 5) is 11.2. The Labute approximate surface area is 123 Å². The molecule has 0 saturated carbocycles. The second kappa shape index (κ2) is 5.50. The third-order valence-corrected chi connectivity index (χ3v) is 3.46. The molecule has 2 aromatic carbocycles. The van der Waals surface area contributed by atoms with E-state index in [9.17, 15) is 4.79 Å². The number of nitrogens with two attached hydrogens (primary N) is 2. The fourth-order valence-corrected chi connectivity index (χ4v) is 2.07. The largest absolute Gasteiger partial charge is 0.397 e. The number of amides is 1. The molecule has 6 heteroatoms. The summed E-state index contributed by atoms with van der Waals surface area (Å²) in [6, 6.07) is 10.1. The fraction of sp³-hybridized carbons (Fsp3) is 0. The number of carbonyl (C=O) groups is 1. The summed E-state index contributed by atoms with van der Waals surface area (Å²) >= 11 is 9.34. The molecule has 0 unspecified atom stereocenters. The number of hydrogen-bond donors (Lipinski definition) is 3. The molecule has 0 fully saturated rings. The Balaban J connectivity index is 2.40. The molecular weight excluding hydrogens is 330 g/mol. The molecule has 0 radical (unpaired) electrons. The maximum Gasteiger partial charge on any atom is 0.248 e. The highest BCUT2D eigenvalue weighted by Crippen LogP contribution is 2.31. The van der Waals surface area contributed by atoms with Gasteiger partial charge < -0.3 is 16.8 Å². The number of nitrogen functional groups attached to an aromatic ring is 1. The first-order valence-electron chi connectivity index (χ1n) is 5.39. The van der Waals surface area contributed by atoms with Gasteiger partial charge in [0.25, 0.3) is 0 Å². The van der Waals surface area contributed by atoms with Crippen molar-refractivity contribution in [2.45, 2.75) is 0 Å². The molecule has 0 aliphatic carbocycles. The molecule has 0 aromatic heterocycles. The van der Waals surface area contributed by atoms with Crippen LogP contribution < -0.4 is 16.8 Å². The SMILES string of the molecule is NC(=O)c1ccc(N)c(Nc2cc(Cl)ccc2Br)c1. The first-order valence-corrected chi connectivity index (χ1v) is 6.56. The lowest BCUT2D eigenvalue weighted by Crippen LogP contribution is -2.11. The minimum Gasteiger partial charge on any atom is -0.397 e. The fourth-order valence-electron chi connectivity index (χ4n) is 1.56. The zero-order valence-corrected chi connectivity index (χ0v) is 12.1. The highest BCUT2D eigenvalue weighted by Gasteiger charge is 2.07. The van der Waals surface area contributed by atoms with Crippen LogP contribution in [-0.2, 0) is 0 Å². The monoisotopic (exact) mass is 339 g/mol. The number of hydrogen-bond acceptors (Lipinski definition) is 3. The molecule has 0 atom stereocenters. The Morgan fingerprint density at radius 2 is 1.89 bits per heavy atom. The van der Waals surface area contributed by atoms with E-state index in [4.69, 9.17) is 23.1 Å². The second-order valence-corrected chi connectivity index (χ2v) is 5.21. The topological polar surface area (TPSA) is 81.1 Å². The van der Waals surface area contributed by atoms with Crippen LogP contribution >= 0.6 is 27.5 Å². The molecule has 4 nitrogen and oxygen atoms in total. The van der Waals surface area contributed by atoms with Crippen LogP contribution in [0.5, 0.6) is 0 Å². The summed E-state index contributed by atoms with van der Waals surface area (Å²) in [5.74, 6) is -0.506. The van der Waals surface area contributed by atoms with Crippen molar-refractivity contribution in [2.24, 2.45) is 5.73 Å². The summed E-state index contributed by atoms with van der Waals surface area (Å²) in [6.45, 7) is 0. The van der Waals surface area contributed by atoms with Crippen LogP contribution in [0, 0.1) is 0 Å². The van der Waals surface area contributed by atoms with Gasteiger partial charge in [0.15, 0.2) is 0 Å². The molecule has 2 rings (SSSR count). The molecule has 0 aliphatic rings. The Morgan fingerprint density at radius 3 is 2.58 bits per heavy atom. The van der Waals surface area contributed by atoms with Crippen molar-refractivity contribution >= 4 is 50.5 Å². The van der Waals surface area contributed by atoms with Crippen LogP contribution in [0.2, 0.25) is 5.02 Å². The van der Waals surface area contributed by atoms with Gasteiger partial charge in [-0.2, -0.15) is 0 Å². The zero-order valence-electron chi connectivity index (χ0n) is 9.78. The van der Waals surface area contributed by atoms with Crippen molar-refractivity contribution in [3.63, 3.8) is 0 Å². The smallest absolute Gasteiger partial charge is 0.248 e. The number of benzene rings is 2. The summed E-state index contributed by atoms with van der Waals surface area (Å²) < 4.78 is 0.834. The van der Waals surface area contributed by atoms with Gasteiger partial charge in [0.2, 0.25) is 5.91 Å². The number of primary amides is 1. The molecule has 0 spiro atoms. The molecule has 98 valence electrons. The van der Waals surface area contributed by atoms with Gasteiger partial charge in [-0.1, -0.05) is 11.6 Å². The maximum absolute atomic E-state index is 11.2. The van der Waals surface area contributed by atoms with Gasteiger partial charge in [-0.15, -0.1) is 0 Å². The van der Waals surface area contributed by atoms with Gasteiger partial charge in [-0.25, -0.2) is 0 Å². The molecular formula is C13H11BrClN3O.